The summed E-state index contributed by atoms with van der Waals surface area (Å²) in [7, 11) is 0. The molecule has 0 aliphatic carbocycles. The Morgan fingerprint density at radius 1 is 0.200 bits per heavy atom. The maximum Gasteiger partial charge on any atom is 0.306 e. The summed E-state index contributed by atoms with van der Waals surface area (Å²) >= 11 is 0. The van der Waals surface area contributed by atoms with E-state index in [0.717, 1.165) is 212 Å². The van der Waals surface area contributed by atoms with Gasteiger partial charge in [0, 0.05) is 44.9 Å². The summed E-state index contributed by atoms with van der Waals surface area (Å²) in [6.07, 6.45) is 91.0. The van der Waals surface area contributed by atoms with Gasteiger partial charge in [-0.15, -0.1) is 0 Å². The standard InChI is InChI=1S/C96H174O14/c1-4-7-10-13-16-19-22-25-28-36-43-50-57-64-71-78-91(99)105-84-88(85-106-92(100)79-72-65-58-51-44-37-29-26-23-20-17-14-11-8-5-2)110-96(104)83-76-69-62-55-48-41-34-33-39-46-53-60-67-74-81-94(102)108-87-89(86-107-93(101)80-73-66-59-52-45-38-30-27-24-21-18-15-12-9-6-3)109-95(103)82-75-68-61-54-47-40-32-31-35-42-49-56-63-70-77-90(97)98/h27,30-34,88-89H,4-26,28-29,35-87H2,1-3H3,(H,97,98)/b30-27-,32-31?,34-33?. The zero-order valence-electron chi connectivity index (χ0n) is 72.0. The minimum absolute atomic E-state index is 0.110. The highest BCUT2D eigenvalue weighted by atomic mass is 16.6. The Morgan fingerprint density at radius 3 is 0.518 bits per heavy atom. The molecule has 1 unspecified atom stereocenters. The van der Waals surface area contributed by atoms with E-state index in [4.69, 9.17) is 33.5 Å². The molecule has 642 valence electrons. The summed E-state index contributed by atoms with van der Waals surface area (Å²) in [4.78, 5) is 88.0. The molecule has 0 spiro atoms. The van der Waals surface area contributed by atoms with Crippen LogP contribution in [0.2, 0.25) is 0 Å². The number of allylic oxidation sites excluding steroid dienone is 6. The Hall–Kier alpha value is -4.49. The maximum absolute atomic E-state index is 13.1. The third-order valence-corrected chi connectivity index (χ3v) is 21.3. The number of unbranched alkanes of at least 4 members (excludes halogenated alkanes) is 59. The van der Waals surface area contributed by atoms with E-state index in [1.54, 1.807) is 0 Å². The quantitative estimate of drug-likeness (QED) is 0.0261. The van der Waals surface area contributed by atoms with Crippen molar-refractivity contribution in [1.82, 2.24) is 0 Å². The predicted octanol–water partition coefficient (Wildman–Crippen LogP) is 28.7. The number of carbonyl (C=O) groups is 7. The molecule has 1 N–H and O–H groups in total. The lowest BCUT2D eigenvalue weighted by Crippen LogP contribution is -2.30. The van der Waals surface area contributed by atoms with Crippen molar-refractivity contribution in [2.45, 2.75) is 508 Å². The Morgan fingerprint density at radius 2 is 0.345 bits per heavy atom. The van der Waals surface area contributed by atoms with Gasteiger partial charge in [-0.2, -0.15) is 0 Å². The van der Waals surface area contributed by atoms with Gasteiger partial charge in [0.2, 0.25) is 0 Å². The molecule has 0 aliphatic rings. The number of aliphatic carboxylic acids is 1. The molecule has 14 nitrogen and oxygen atoms in total. The smallest absolute Gasteiger partial charge is 0.306 e. The van der Waals surface area contributed by atoms with Crippen molar-refractivity contribution in [2.24, 2.45) is 0 Å². The van der Waals surface area contributed by atoms with Crippen LogP contribution in [0.15, 0.2) is 36.5 Å². The van der Waals surface area contributed by atoms with E-state index in [2.05, 4.69) is 57.2 Å². The topological polar surface area (TPSA) is 195 Å². The monoisotopic (exact) mass is 1550 g/mol. The number of rotatable bonds is 89. The molecule has 0 heterocycles. The maximum atomic E-state index is 13.1. The number of carboxylic acid groups (broad SMARTS) is 1. The SMILES string of the molecule is CCCCCCCC/C=C\CCCCCCCC(=O)OCC(COC(=O)CCCCCCCC=CCCCCCCCC(=O)OC(COC(=O)CCCCCCCCCCCCCCCCC)COC(=O)CCCCCCCCCCCCCCCCC)OC(=O)CCCCCCCC=CCCCCCCCC(=O)O. The van der Waals surface area contributed by atoms with Crippen LogP contribution >= 0.6 is 0 Å². The highest BCUT2D eigenvalue weighted by molar-refractivity contribution is 5.72. The first-order chi connectivity index (χ1) is 54.0. The minimum atomic E-state index is -0.848. The first-order valence-electron chi connectivity index (χ1n) is 47.2. The highest BCUT2D eigenvalue weighted by Gasteiger charge is 2.22. The van der Waals surface area contributed by atoms with E-state index >= 15 is 0 Å². The van der Waals surface area contributed by atoms with E-state index in [0.29, 0.717) is 38.5 Å². The van der Waals surface area contributed by atoms with Gasteiger partial charge in [-0.1, -0.05) is 365 Å². The molecule has 0 aromatic carbocycles. The molecule has 0 amide bonds. The van der Waals surface area contributed by atoms with E-state index in [9.17, 15) is 33.6 Å². The Kier molecular flexibility index (Phi) is 84.8. The van der Waals surface area contributed by atoms with Gasteiger partial charge >= 0.3 is 41.8 Å². The summed E-state index contributed by atoms with van der Waals surface area (Å²) in [6.45, 7) is 6.30. The fraction of sp³-hybridized carbons (Fsp3) is 0.865. The van der Waals surface area contributed by atoms with Gasteiger partial charge in [-0.05, 0) is 122 Å². The first-order valence-corrected chi connectivity index (χ1v) is 47.2. The molecule has 1 atom stereocenters. The zero-order valence-corrected chi connectivity index (χ0v) is 72.0. The van der Waals surface area contributed by atoms with E-state index < -0.39 is 18.2 Å². The summed E-state index contributed by atoms with van der Waals surface area (Å²) in [6, 6.07) is 0. The normalized spacial score (nSPS) is 11.9. The van der Waals surface area contributed by atoms with Crippen molar-refractivity contribution in [3.05, 3.63) is 36.5 Å². The second-order valence-corrected chi connectivity index (χ2v) is 32.3. The molecule has 0 saturated heterocycles. The van der Waals surface area contributed by atoms with Crippen molar-refractivity contribution < 1.29 is 67.1 Å². The number of hydrogen-bond acceptors (Lipinski definition) is 13. The second kappa shape index (κ2) is 88.5. The van der Waals surface area contributed by atoms with Crippen LogP contribution in [0.5, 0.6) is 0 Å². The third-order valence-electron chi connectivity index (χ3n) is 21.3. The van der Waals surface area contributed by atoms with Crippen LogP contribution in [-0.4, -0.2) is 85.5 Å². The van der Waals surface area contributed by atoms with Crippen molar-refractivity contribution in [3.63, 3.8) is 0 Å². The van der Waals surface area contributed by atoms with Crippen LogP contribution in [0, 0.1) is 0 Å². The van der Waals surface area contributed by atoms with Crippen molar-refractivity contribution >= 4 is 41.8 Å². The fourth-order valence-corrected chi connectivity index (χ4v) is 14.1. The molecule has 0 aliphatic heterocycles. The minimum Gasteiger partial charge on any atom is -0.481 e. The molecule has 0 aromatic rings. The molecule has 0 aromatic heterocycles. The average molecular weight is 1550 g/mol. The van der Waals surface area contributed by atoms with Crippen LogP contribution in [-0.2, 0) is 62.0 Å². The number of carbonyl (C=O) groups excluding carboxylic acids is 6. The number of carboxylic acids is 1. The number of ether oxygens (including phenoxy) is 6. The van der Waals surface area contributed by atoms with E-state index in [1.807, 2.05) is 0 Å². The summed E-state index contributed by atoms with van der Waals surface area (Å²) < 4.78 is 34.0. The first kappa shape index (κ1) is 106. The average Bonchev–Trinajstić information content (AvgIpc) is 0.949. The largest absolute Gasteiger partial charge is 0.481 e. The van der Waals surface area contributed by atoms with Crippen LogP contribution in [0.1, 0.15) is 496 Å². The van der Waals surface area contributed by atoms with E-state index in [-0.39, 0.29) is 87.9 Å². The third kappa shape index (κ3) is 85.9. The highest BCUT2D eigenvalue weighted by Crippen LogP contribution is 2.20. The number of hydrogen-bond donors (Lipinski definition) is 1. The van der Waals surface area contributed by atoms with Gasteiger partial charge in [0.25, 0.3) is 0 Å². The molecule has 0 saturated carbocycles. The summed E-state index contributed by atoms with van der Waals surface area (Å²) in [5.74, 6) is -2.71. The molecule has 0 bridgehead atoms. The van der Waals surface area contributed by atoms with E-state index in [1.165, 1.54) is 199 Å². The van der Waals surface area contributed by atoms with Gasteiger partial charge in [-0.25, -0.2) is 0 Å². The van der Waals surface area contributed by atoms with Gasteiger partial charge in [-0.3, -0.25) is 33.6 Å². The Labute approximate surface area is 676 Å². The Balaban J connectivity index is 4.71. The summed E-state index contributed by atoms with van der Waals surface area (Å²) in [5.41, 5.74) is 0. The molecular weight excluding hydrogens is 1380 g/mol. The van der Waals surface area contributed by atoms with Crippen molar-refractivity contribution in [3.8, 4) is 0 Å². The summed E-state index contributed by atoms with van der Waals surface area (Å²) in [5, 5.41) is 8.78. The van der Waals surface area contributed by atoms with Crippen LogP contribution in [0.25, 0.3) is 0 Å². The van der Waals surface area contributed by atoms with Gasteiger partial charge in [0.15, 0.2) is 12.2 Å². The fourth-order valence-electron chi connectivity index (χ4n) is 14.1. The lowest BCUT2D eigenvalue weighted by atomic mass is 10.0. The van der Waals surface area contributed by atoms with Crippen LogP contribution < -0.4 is 0 Å². The molecular formula is C96H174O14. The lowest BCUT2D eigenvalue weighted by Gasteiger charge is -2.18. The molecule has 0 rings (SSSR count). The molecule has 14 heteroatoms. The Bertz CT molecular complexity index is 2090. The van der Waals surface area contributed by atoms with Crippen LogP contribution in [0.3, 0.4) is 0 Å². The lowest BCUT2D eigenvalue weighted by molar-refractivity contribution is -0.167. The van der Waals surface area contributed by atoms with Gasteiger partial charge in [0.05, 0.1) is 0 Å². The van der Waals surface area contributed by atoms with Crippen LogP contribution in [0.4, 0.5) is 0 Å². The van der Waals surface area contributed by atoms with Crippen molar-refractivity contribution in [2.75, 3.05) is 26.4 Å². The zero-order chi connectivity index (χ0) is 79.8. The van der Waals surface area contributed by atoms with Gasteiger partial charge in [0.1, 0.15) is 26.4 Å². The predicted molar refractivity (Wildman–Crippen MR) is 457 cm³/mol. The van der Waals surface area contributed by atoms with Gasteiger partial charge < -0.3 is 33.5 Å². The number of esters is 6. The molecule has 0 radical (unpaired) electrons. The molecule has 0 fully saturated rings. The second-order valence-electron chi connectivity index (χ2n) is 32.3. The van der Waals surface area contributed by atoms with Crippen molar-refractivity contribution in [1.29, 1.82) is 0 Å². The molecule has 110 heavy (non-hydrogen) atoms.